The molecule has 0 aromatic heterocycles. The summed E-state index contributed by atoms with van der Waals surface area (Å²) in [6.45, 7) is 0.342. The average molecular weight is 307 g/mol. The van der Waals surface area contributed by atoms with Gasteiger partial charge in [0.05, 0.1) is 0 Å². The molecule has 3 rings (SSSR count). The molecule has 0 spiro atoms. The fourth-order valence-electron chi connectivity index (χ4n) is 2.51. The smallest absolute Gasteiger partial charge is 0.123 e. The van der Waals surface area contributed by atoms with Gasteiger partial charge in [0.1, 0.15) is 17.4 Å². The van der Waals surface area contributed by atoms with Crippen molar-refractivity contribution in [2.45, 2.75) is 23.9 Å². The summed E-state index contributed by atoms with van der Waals surface area (Å²) in [6.07, 6.45) is 0.872. The maximum Gasteiger partial charge on any atom is 0.123 e. The van der Waals surface area contributed by atoms with Gasteiger partial charge in [0.15, 0.2) is 0 Å². The van der Waals surface area contributed by atoms with Crippen LogP contribution in [0.2, 0.25) is 0 Å². The largest absolute Gasteiger partial charge is 0.508 e. The molecule has 2 N–H and O–H groups in total. The molecule has 1 aliphatic rings. The van der Waals surface area contributed by atoms with Gasteiger partial charge >= 0.3 is 0 Å². The fraction of sp³-hybridized carbons (Fsp3) is 0.250. The molecule has 2 nitrogen and oxygen atoms in total. The van der Waals surface area contributed by atoms with Crippen LogP contribution < -0.4 is 5.32 Å². The maximum atomic E-state index is 13.4. The summed E-state index contributed by atoms with van der Waals surface area (Å²) < 4.78 is 26.6. The van der Waals surface area contributed by atoms with Gasteiger partial charge in [-0.05, 0) is 54.1 Å². The minimum atomic E-state index is -0.379. The Labute approximate surface area is 126 Å². The monoisotopic (exact) mass is 307 g/mol. The normalized spacial score (nSPS) is 17.5. The fourth-order valence-corrected chi connectivity index (χ4v) is 3.61. The zero-order valence-corrected chi connectivity index (χ0v) is 12.1. The van der Waals surface area contributed by atoms with Crippen molar-refractivity contribution >= 4 is 11.8 Å². The highest BCUT2D eigenvalue weighted by atomic mass is 32.2. The highest BCUT2D eigenvalue weighted by molar-refractivity contribution is 7.99. The van der Waals surface area contributed by atoms with Crippen LogP contribution >= 0.6 is 11.8 Å². The molecule has 1 unspecified atom stereocenters. The topological polar surface area (TPSA) is 32.3 Å². The molecule has 0 fully saturated rings. The Bertz CT molecular complexity index is 663. The van der Waals surface area contributed by atoms with E-state index in [9.17, 15) is 13.9 Å². The third-order valence-electron chi connectivity index (χ3n) is 3.59. The zero-order valence-electron chi connectivity index (χ0n) is 11.3. The van der Waals surface area contributed by atoms with E-state index in [4.69, 9.17) is 0 Å². The number of benzene rings is 2. The molecule has 0 bridgehead atoms. The number of nitrogens with one attached hydrogen (secondary N) is 1. The van der Waals surface area contributed by atoms with Crippen LogP contribution in [-0.2, 0) is 6.54 Å². The molecule has 0 aliphatic carbocycles. The van der Waals surface area contributed by atoms with E-state index in [0.717, 1.165) is 22.6 Å². The zero-order chi connectivity index (χ0) is 14.8. The molecule has 1 aliphatic heterocycles. The molecule has 0 saturated heterocycles. The predicted octanol–water partition coefficient (Wildman–Crippen LogP) is 4.00. The lowest BCUT2D eigenvalue weighted by atomic mass is 10.0. The second-order valence-corrected chi connectivity index (χ2v) is 6.16. The quantitative estimate of drug-likeness (QED) is 0.899. The molecule has 5 heteroatoms. The van der Waals surface area contributed by atoms with Crippen molar-refractivity contribution in [1.82, 2.24) is 5.32 Å². The summed E-state index contributed by atoms with van der Waals surface area (Å²) in [5.74, 6) is 0.381. The number of rotatable bonds is 3. The van der Waals surface area contributed by atoms with E-state index < -0.39 is 0 Å². The highest BCUT2D eigenvalue weighted by Crippen LogP contribution is 2.36. The van der Waals surface area contributed by atoms with Crippen molar-refractivity contribution in [2.24, 2.45) is 0 Å². The van der Waals surface area contributed by atoms with Crippen LogP contribution in [0.15, 0.2) is 41.3 Å². The van der Waals surface area contributed by atoms with Gasteiger partial charge < -0.3 is 10.4 Å². The van der Waals surface area contributed by atoms with Gasteiger partial charge in [-0.1, -0.05) is 0 Å². The molecular formula is C16H15F2NOS. The first-order valence-electron chi connectivity index (χ1n) is 6.76. The Morgan fingerprint density at radius 3 is 2.76 bits per heavy atom. The van der Waals surface area contributed by atoms with Gasteiger partial charge in [0, 0.05) is 23.0 Å². The van der Waals surface area contributed by atoms with Crippen LogP contribution in [0.4, 0.5) is 8.78 Å². The average Bonchev–Trinajstić information content (AvgIpc) is 2.48. The predicted molar refractivity (Wildman–Crippen MR) is 79.4 cm³/mol. The van der Waals surface area contributed by atoms with Crippen LogP contribution in [0.25, 0.3) is 0 Å². The van der Waals surface area contributed by atoms with E-state index in [1.807, 2.05) is 0 Å². The Kier molecular flexibility index (Phi) is 4.12. The molecule has 21 heavy (non-hydrogen) atoms. The summed E-state index contributed by atoms with van der Waals surface area (Å²) in [5, 5.41) is 13.0. The first kappa shape index (κ1) is 14.4. The third kappa shape index (κ3) is 3.19. The van der Waals surface area contributed by atoms with E-state index in [1.54, 1.807) is 23.9 Å². The van der Waals surface area contributed by atoms with Gasteiger partial charge in [-0.2, -0.15) is 0 Å². The number of fused-ring (bicyclic) bond motifs is 1. The molecule has 110 valence electrons. The van der Waals surface area contributed by atoms with Gasteiger partial charge in [-0.3, -0.25) is 0 Å². The van der Waals surface area contributed by atoms with Gasteiger partial charge in [-0.25, -0.2) is 8.78 Å². The lowest BCUT2D eigenvalue weighted by Crippen LogP contribution is -2.24. The van der Waals surface area contributed by atoms with Crippen LogP contribution in [0.5, 0.6) is 5.75 Å². The van der Waals surface area contributed by atoms with Crippen LogP contribution in [-0.4, -0.2) is 10.9 Å². The number of hydrogen-bond acceptors (Lipinski definition) is 3. The van der Waals surface area contributed by atoms with Crippen LogP contribution in [0, 0.1) is 11.6 Å². The second kappa shape index (κ2) is 6.03. The number of phenolic OH excluding ortho intramolecular Hbond substituents is 1. The first-order valence-corrected chi connectivity index (χ1v) is 7.75. The lowest BCUT2D eigenvalue weighted by Gasteiger charge is -2.26. The number of hydrogen-bond donors (Lipinski definition) is 2. The molecule has 2 aromatic carbocycles. The van der Waals surface area contributed by atoms with E-state index >= 15 is 0 Å². The molecule has 0 amide bonds. The minimum absolute atomic E-state index is 0.0135. The Morgan fingerprint density at radius 1 is 1.14 bits per heavy atom. The molecule has 0 radical (unpaired) electrons. The van der Waals surface area contributed by atoms with Crippen molar-refractivity contribution in [3.63, 3.8) is 0 Å². The number of aromatic hydroxyl groups is 1. The standard InChI is InChI=1S/C16H15F2NOS/c17-11-1-3-15(20)10(7-11)9-19-14-5-6-21-16-4-2-12(18)8-13(14)16/h1-4,7-8,14,19-20H,5-6,9H2. The Hall–Kier alpha value is -1.59. The number of phenols is 1. The van der Waals surface area contributed by atoms with Crippen LogP contribution in [0.1, 0.15) is 23.6 Å². The molecule has 2 aromatic rings. The first-order chi connectivity index (χ1) is 10.1. The summed E-state index contributed by atoms with van der Waals surface area (Å²) in [4.78, 5) is 1.07. The van der Waals surface area contributed by atoms with Crippen molar-refractivity contribution in [3.05, 3.63) is 59.2 Å². The summed E-state index contributed by atoms with van der Waals surface area (Å²) >= 11 is 1.71. The summed E-state index contributed by atoms with van der Waals surface area (Å²) in [6, 6.07) is 8.70. The van der Waals surface area contributed by atoms with E-state index in [0.29, 0.717) is 12.1 Å². The second-order valence-electron chi connectivity index (χ2n) is 5.03. The molecule has 0 saturated carbocycles. The molecular weight excluding hydrogens is 292 g/mol. The van der Waals surface area contributed by atoms with Gasteiger partial charge in [0.25, 0.3) is 0 Å². The van der Waals surface area contributed by atoms with E-state index in [1.165, 1.54) is 24.3 Å². The van der Waals surface area contributed by atoms with Gasteiger partial charge in [0.2, 0.25) is 0 Å². The van der Waals surface area contributed by atoms with E-state index in [-0.39, 0.29) is 23.4 Å². The molecule has 1 heterocycles. The van der Waals surface area contributed by atoms with Crippen molar-refractivity contribution in [1.29, 1.82) is 0 Å². The molecule has 1 atom stereocenters. The third-order valence-corrected chi connectivity index (χ3v) is 4.71. The van der Waals surface area contributed by atoms with E-state index in [2.05, 4.69) is 5.32 Å². The Balaban J connectivity index is 1.78. The summed E-state index contributed by atoms with van der Waals surface area (Å²) in [5.41, 5.74) is 1.44. The number of thioether (sulfide) groups is 1. The maximum absolute atomic E-state index is 13.4. The van der Waals surface area contributed by atoms with Crippen LogP contribution in [0.3, 0.4) is 0 Å². The van der Waals surface area contributed by atoms with Gasteiger partial charge in [-0.15, -0.1) is 11.8 Å². The summed E-state index contributed by atoms with van der Waals surface area (Å²) in [7, 11) is 0. The minimum Gasteiger partial charge on any atom is -0.508 e. The van der Waals surface area contributed by atoms with Crippen molar-refractivity contribution in [3.8, 4) is 5.75 Å². The number of halogens is 2. The highest BCUT2D eigenvalue weighted by Gasteiger charge is 2.21. The van der Waals surface area contributed by atoms with Crippen molar-refractivity contribution in [2.75, 3.05) is 5.75 Å². The Morgan fingerprint density at radius 2 is 1.90 bits per heavy atom. The SMILES string of the molecule is Oc1ccc(F)cc1CNC1CCSc2ccc(F)cc21. The van der Waals surface area contributed by atoms with Crippen molar-refractivity contribution < 1.29 is 13.9 Å². The lowest BCUT2D eigenvalue weighted by molar-refractivity contribution is 0.450.